The van der Waals surface area contributed by atoms with Gasteiger partial charge in [0.15, 0.2) is 0 Å². The minimum atomic E-state index is -4.44. The molecule has 0 amide bonds. The highest BCUT2D eigenvalue weighted by Crippen LogP contribution is 2.36. The van der Waals surface area contributed by atoms with Crippen molar-refractivity contribution in [3.63, 3.8) is 0 Å². The zero-order valence-electron chi connectivity index (χ0n) is 18.5. The molecule has 4 aromatic rings. The van der Waals surface area contributed by atoms with Gasteiger partial charge in [0, 0.05) is 10.9 Å². The van der Waals surface area contributed by atoms with E-state index >= 15 is 0 Å². The fourth-order valence-corrected chi connectivity index (χ4v) is 5.37. The number of rotatable bonds is 7. The maximum atomic E-state index is 14.9. The van der Waals surface area contributed by atoms with Crippen LogP contribution in [0.3, 0.4) is 0 Å². The van der Waals surface area contributed by atoms with Crippen molar-refractivity contribution in [1.82, 2.24) is 25.1 Å². The van der Waals surface area contributed by atoms with Gasteiger partial charge < -0.3 is 8.83 Å². The Balaban J connectivity index is 1.84. The largest absolute Gasteiger partial charge is 0.434 e. The second-order valence-electron chi connectivity index (χ2n) is 7.80. The first-order valence-corrected chi connectivity index (χ1v) is 12.0. The van der Waals surface area contributed by atoms with Crippen LogP contribution >= 0.6 is 11.6 Å². The monoisotopic (exact) mass is 523 g/mol. The van der Waals surface area contributed by atoms with Crippen LogP contribution in [0.4, 0.5) is 4.39 Å². The van der Waals surface area contributed by atoms with Crippen molar-refractivity contribution in [2.24, 2.45) is 0 Å². The molecule has 0 radical (unpaired) electrons. The van der Waals surface area contributed by atoms with Crippen molar-refractivity contribution in [3.8, 4) is 11.5 Å². The lowest BCUT2D eigenvalue weighted by Gasteiger charge is -2.25. The lowest BCUT2D eigenvalue weighted by atomic mass is 9.88. The number of sulfonamides is 1. The van der Waals surface area contributed by atoms with Gasteiger partial charge in [-0.05, 0) is 54.8 Å². The predicted octanol–water partition coefficient (Wildman–Crippen LogP) is 2.94. The summed E-state index contributed by atoms with van der Waals surface area (Å²) in [7, 11) is -4.44. The molecule has 2 aromatic heterocycles. The Kier molecular flexibility index (Phi) is 6.49. The van der Waals surface area contributed by atoms with Gasteiger partial charge in [-0.1, -0.05) is 24.6 Å². The summed E-state index contributed by atoms with van der Waals surface area (Å²) in [4.78, 5) is 22.8. The predicted molar refractivity (Wildman–Crippen MR) is 122 cm³/mol. The summed E-state index contributed by atoms with van der Waals surface area (Å²) in [5.41, 5.74) is 1.51. The molecule has 0 aliphatic heterocycles. The standard InChI is InChI=1S/C21H19ClFN5O6S/c1-9-4-6-14(23)16(10(9)2)11(3)17(19-25-27-21(30)34-19)28-35(31,32)15-7-5-12(22)8-13(15)18-24-26-20(29)33-18/h4-8,11,17,28H,1-3H3,(H,26,29)(H,27,30)/t11-,17+/m1/s1. The van der Waals surface area contributed by atoms with E-state index in [9.17, 15) is 22.4 Å². The van der Waals surface area contributed by atoms with E-state index in [1.165, 1.54) is 24.3 Å². The molecule has 4 rings (SSSR count). The molecule has 14 heteroatoms. The number of hydrogen-bond donors (Lipinski definition) is 3. The normalized spacial score (nSPS) is 13.6. The van der Waals surface area contributed by atoms with Crippen LogP contribution in [0.5, 0.6) is 0 Å². The molecule has 0 aliphatic carbocycles. The van der Waals surface area contributed by atoms with Gasteiger partial charge in [-0.25, -0.2) is 32.6 Å². The summed E-state index contributed by atoms with van der Waals surface area (Å²) in [6.07, 6.45) is 0. The van der Waals surface area contributed by atoms with Crippen LogP contribution < -0.4 is 16.2 Å². The highest BCUT2D eigenvalue weighted by atomic mass is 35.5. The Morgan fingerprint density at radius 2 is 1.74 bits per heavy atom. The third-order valence-corrected chi connectivity index (χ3v) is 7.32. The molecule has 0 saturated carbocycles. The van der Waals surface area contributed by atoms with E-state index in [4.69, 9.17) is 20.4 Å². The van der Waals surface area contributed by atoms with Crippen molar-refractivity contribution in [1.29, 1.82) is 0 Å². The van der Waals surface area contributed by atoms with Gasteiger partial charge in [0.1, 0.15) is 11.9 Å². The van der Waals surface area contributed by atoms with Crippen molar-refractivity contribution in [2.45, 2.75) is 37.6 Å². The fraction of sp³-hybridized carbons (Fsp3) is 0.238. The molecule has 0 spiro atoms. The highest BCUT2D eigenvalue weighted by molar-refractivity contribution is 7.89. The van der Waals surface area contributed by atoms with E-state index < -0.39 is 39.3 Å². The average molecular weight is 524 g/mol. The number of H-pyrrole nitrogens is 2. The molecule has 2 aromatic carbocycles. The number of benzene rings is 2. The Hall–Kier alpha value is -3.55. The van der Waals surface area contributed by atoms with Crippen molar-refractivity contribution in [2.75, 3.05) is 0 Å². The molecule has 0 fully saturated rings. The van der Waals surface area contributed by atoms with Crippen LogP contribution in [0, 0.1) is 19.7 Å². The van der Waals surface area contributed by atoms with Crippen LogP contribution in [0.15, 0.2) is 53.7 Å². The highest BCUT2D eigenvalue weighted by Gasteiger charge is 2.34. The quantitative estimate of drug-likeness (QED) is 0.332. The van der Waals surface area contributed by atoms with E-state index in [0.29, 0.717) is 5.56 Å². The summed E-state index contributed by atoms with van der Waals surface area (Å²) >= 11 is 6.03. The molecule has 3 N–H and O–H groups in total. The first kappa shape index (κ1) is 24.6. The Morgan fingerprint density at radius 1 is 1.06 bits per heavy atom. The number of aryl methyl sites for hydroxylation is 1. The number of nitrogens with zero attached hydrogens (tertiary/aromatic N) is 2. The molecule has 2 atom stereocenters. The molecule has 0 unspecified atom stereocenters. The Labute approximate surface area is 202 Å². The van der Waals surface area contributed by atoms with Crippen molar-refractivity contribution < 1.29 is 21.6 Å². The lowest BCUT2D eigenvalue weighted by Crippen LogP contribution is -2.33. The summed E-state index contributed by atoms with van der Waals surface area (Å²) in [5, 5.41) is 11.7. The maximum absolute atomic E-state index is 14.9. The summed E-state index contributed by atoms with van der Waals surface area (Å²) in [6, 6.07) is 5.34. The van der Waals surface area contributed by atoms with Gasteiger partial charge in [-0.3, -0.25) is 0 Å². The van der Waals surface area contributed by atoms with Crippen LogP contribution in [0.25, 0.3) is 11.5 Å². The molecule has 0 aliphatic rings. The second kappa shape index (κ2) is 9.24. The zero-order valence-corrected chi connectivity index (χ0v) is 20.1. The molecule has 0 bridgehead atoms. The number of halogens is 2. The first-order chi connectivity index (χ1) is 16.5. The van der Waals surface area contributed by atoms with Gasteiger partial charge in [-0.2, -0.15) is 4.72 Å². The Morgan fingerprint density at radius 3 is 2.37 bits per heavy atom. The molecule has 2 heterocycles. The van der Waals surface area contributed by atoms with Crippen LogP contribution in [-0.4, -0.2) is 28.8 Å². The Bertz CT molecular complexity index is 1620. The van der Waals surface area contributed by atoms with Crippen LogP contribution in [0.2, 0.25) is 5.02 Å². The van der Waals surface area contributed by atoms with E-state index in [1.54, 1.807) is 26.8 Å². The van der Waals surface area contributed by atoms with Crippen LogP contribution in [-0.2, 0) is 10.0 Å². The third-order valence-electron chi connectivity index (χ3n) is 5.59. The molecule has 184 valence electrons. The van der Waals surface area contributed by atoms with E-state index in [-0.39, 0.29) is 32.8 Å². The SMILES string of the molecule is Cc1ccc(F)c([C@@H](C)[C@H](NS(=O)(=O)c2ccc(Cl)cc2-c2n[nH]c(=O)o2)c2n[nH]c(=O)o2)c1C. The number of aromatic nitrogens is 4. The lowest BCUT2D eigenvalue weighted by molar-refractivity contribution is 0.377. The van der Waals surface area contributed by atoms with Crippen LogP contribution in [0.1, 0.15) is 41.5 Å². The molecule has 11 nitrogen and oxygen atoms in total. The first-order valence-electron chi connectivity index (χ1n) is 10.2. The van der Waals surface area contributed by atoms with Crippen molar-refractivity contribution in [3.05, 3.63) is 84.9 Å². The van der Waals surface area contributed by atoms with Gasteiger partial charge >= 0.3 is 11.5 Å². The zero-order chi connectivity index (χ0) is 25.5. The van der Waals surface area contributed by atoms with Gasteiger partial charge in [0.25, 0.3) is 5.89 Å². The molecule has 0 saturated heterocycles. The number of nitrogens with one attached hydrogen (secondary N) is 3. The van der Waals surface area contributed by atoms with Crippen molar-refractivity contribution >= 4 is 21.6 Å². The maximum Gasteiger partial charge on any atom is 0.434 e. The molecular formula is C21H19ClFN5O6S. The summed E-state index contributed by atoms with van der Waals surface area (Å²) in [5.74, 6) is -3.85. The second-order valence-corrected chi connectivity index (χ2v) is 9.92. The summed E-state index contributed by atoms with van der Waals surface area (Å²) < 4.78 is 54.4. The fourth-order valence-electron chi connectivity index (χ4n) is 3.75. The number of hydrogen-bond acceptors (Lipinski definition) is 8. The van der Waals surface area contributed by atoms with E-state index in [2.05, 4.69) is 25.1 Å². The summed E-state index contributed by atoms with van der Waals surface area (Å²) in [6.45, 7) is 5.06. The average Bonchev–Trinajstić information content (AvgIpc) is 3.42. The number of aromatic amines is 2. The van der Waals surface area contributed by atoms with E-state index in [1.807, 2.05) is 0 Å². The van der Waals surface area contributed by atoms with Gasteiger partial charge in [0.05, 0.1) is 10.5 Å². The smallest absolute Gasteiger partial charge is 0.391 e. The minimum absolute atomic E-state index is 0.101. The van der Waals surface area contributed by atoms with E-state index in [0.717, 1.165) is 5.56 Å². The topological polar surface area (TPSA) is 164 Å². The third kappa shape index (κ3) is 4.83. The van der Waals surface area contributed by atoms with Gasteiger partial charge in [-0.15, -0.1) is 10.2 Å². The minimum Gasteiger partial charge on any atom is -0.391 e. The molecule has 35 heavy (non-hydrogen) atoms. The van der Waals surface area contributed by atoms with Gasteiger partial charge in [0.2, 0.25) is 15.9 Å². The molecular weight excluding hydrogens is 505 g/mol.